The van der Waals surface area contributed by atoms with Gasteiger partial charge in [0, 0.05) is 13.1 Å². The normalized spacial score (nSPS) is 13.4. The van der Waals surface area contributed by atoms with Gasteiger partial charge in [0.2, 0.25) is 0 Å². The fourth-order valence-electron chi connectivity index (χ4n) is 1.36. The number of nitrogens with one attached hydrogen (secondary N) is 4. The SMILES string of the molecule is CCCC(C)CCNNNNCC(C)C. The van der Waals surface area contributed by atoms with Crippen LogP contribution in [0.1, 0.15) is 47.0 Å². The zero-order valence-corrected chi connectivity index (χ0v) is 10.7. The highest BCUT2D eigenvalue weighted by Crippen LogP contribution is 2.07. The lowest BCUT2D eigenvalue weighted by Crippen LogP contribution is -2.51. The zero-order valence-electron chi connectivity index (χ0n) is 10.7. The van der Waals surface area contributed by atoms with Crippen molar-refractivity contribution in [2.75, 3.05) is 13.1 Å². The fraction of sp³-hybridized carbons (Fsp3) is 1.00. The molecule has 4 N–H and O–H groups in total. The van der Waals surface area contributed by atoms with Crippen LogP contribution in [-0.4, -0.2) is 13.1 Å². The van der Waals surface area contributed by atoms with Gasteiger partial charge in [-0.1, -0.05) is 40.5 Å². The highest BCUT2D eigenvalue weighted by Gasteiger charge is 1.98. The van der Waals surface area contributed by atoms with Crippen LogP contribution >= 0.6 is 0 Å². The summed E-state index contributed by atoms with van der Waals surface area (Å²) in [5.41, 5.74) is 12.0. The van der Waals surface area contributed by atoms with Gasteiger partial charge in [0.25, 0.3) is 0 Å². The maximum absolute atomic E-state index is 3.12. The molecule has 0 spiro atoms. The zero-order chi connectivity index (χ0) is 11.5. The first kappa shape index (κ1) is 14.8. The molecule has 0 aromatic rings. The first-order chi connectivity index (χ1) is 7.16. The van der Waals surface area contributed by atoms with Gasteiger partial charge in [0.1, 0.15) is 0 Å². The quantitative estimate of drug-likeness (QED) is 0.331. The van der Waals surface area contributed by atoms with Crippen LogP contribution in [0.15, 0.2) is 0 Å². The molecule has 15 heavy (non-hydrogen) atoms. The maximum atomic E-state index is 3.12. The van der Waals surface area contributed by atoms with Gasteiger partial charge in [-0.15, -0.1) is 0 Å². The second kappa shape index (κ2) is 10.4. The molecule has 1 unspecified atom stereocenters. The highest BCUT2D eigenvalue weighted by atomic mass is 15.7. The van der Waals surface area contributed by atoms with Crippen molar-refractivity contribution in [3.05, 3.63) is 0 Å². The molecular formula is C11H28N4. The third-order valence-electron chi connectivity index (χ3n) is 2.29. The van der Waals surface area contributed by atoms with Crippen LogP contribution in [-0.2, 0) is 0 Å². The summed E-state index contributed by atoms with van der Waals surface area (Å²) in [5, 5.41) is 0. The van der Waals surface area contributed by atoms with Gasteiger partial charge < -0.3 is 0 Å². The highest BCUT2D eigenvalue weighted by molar-refractivity contribution is 4.52. The molecule has 0 amide bonds. The molecule has 4 nitrogen and oxygen atoms in total. The molecule has 0 bridgehead atoms. The van der Waals surface area contributed by atoms with Gasteiger partial charge in [-0.25, -0.2) is 10.9 Å². The van der Waals surface area contributed by atoms with E-state index in [0.29, 0.717) is 5.92 Å². The Labute approximate surface area is 94.5 Å². The van der Waals surface area contributed by atoms with Gasteiger partial charge in [0.05, 0.1) is 0 Å². The van der Waals surface area contributed by atoms with Crippen molar-refractivity contribution in [3.8, 4) is 0 Å². The fourth-order valence-corrected chi connectivity index (χ4v) is 1.36. The van der Waals surface area contributed by atoms with Crippen molar-refractivity contribution in [1.82, 2.24) is 21.9 Å². The summed E-state index contributed by atoms with van der Waals surface area (Å²) in [6, 6.07) is 0. The van der Waals surface area contributed by atoms with E-state index in [1.807, 2.05) is 0 Å². The minimum atomic E-state index is 0.656. The van der Waals surface area contributed by atoms with Crippen LogP contribution in [0.25, 0.3) is 0 Å². The smallest absolute Gasteiger partial charge is 0.0137 e. The van der Waals surface area contributed by atoms with E-state index < -0.39 is 0 Å². The third kappa shape index (κ3) is 11.8. The van der Waals surface area contributed by atoms with Crippen molar-refractivity contribution < 1.29 is 0 Å². The monoisotopic (exact) mass is 216 g/mol. The summed E-state index contributed by atoms with van der Waals surface area (Å²) in [5.74, 6) is 1.47. The second-order valence-corrected chi connectivity index (χ2v) is 4.63. The molecule has 0 rings (SSSR count). The Morgan fingerprint density at radius 2 is 1.60 bits per heavy atom. The molecule has 4 heteroatoms. The minimum absolute atomic E-state index is 0.656. The van der Waals surface area contributed by atoms with Gasteiger partial charge in [-0.2, -0.15) is 11.1 Å². The molecule has 0 radical (unpaired) electrons. The van der Waals surface area contributed by atoms with Crippen molar-refractivity contribution in [2.45, 2.75) is 47.0 Å². The van der Waals surface area contributed by atoms with E-state index in [2.05, 4.69) is 49.6 Å². The number of rotatable bonds is 10. The van der Waals surface area contributed by atoms with E-state index in [1.54, 1.807) is 0 Å². The van der Waals surface area contributed by atoms with Gasteiger partial charge in [-0.3, -0.25) is 0 Å². The van der Waals surface area contributed by atoms with Crippen molar-refractivity contribution >= 4 is 0 Å². The van der Waals surface area contributed by atoms with Gasteiger partial charge in [-0.05, 0) is 18.3 Å². The van der Waals surface area contributed by atoms with Crippen LogP contribution in [0.2, 0.25) is 0 Å². The van der Waals surface area contributed by atoms with E-state index in [4.69, 9.17) is 0 Å². The molecule has 0 aromatic carbocycles. The summed E-state index contributed by atoms with van der Waals surface area (Å²) >= 11 is 0. The standard InChI is InChI=1S/C11H28N4/c1-5-6-11(4)7-8-12-14-15-13-9-10(2)3/h10-15H,5-9H2,1-4H3. The van der Waals surface area contributed by atoms with Crippen molar-refractivity contribution in [3.63, 3.8) is 0 Å². The topological polar surface area (TPSA) is 48.1 Å². The van der Waals surface area contributed by atoms with Gasteiger partial charge in [0.15, 0.2) is 0 Å². The maximum Gasteiger partial charge on any atom is 0.0137 e. The number of hydrogen-bond donors (Lipinski definition) is 4. The molecular weight excluding hydrogens is 188 g/mol. The lowest BCUT2D eigenvalue weighted by atomic mass is 10.0. The molecule has 0 aromatic heterocycles. The Bertz CT molecular complexity index is 128. The molecule has 0 aliphatic rings. The third-order valence-corrected chi connectivity index (χ3v) is 2.29. The lowest BCUT2D eigenvalue weighted by molar-refractivity contribution is 0.338. The molecule has 92 valence electrons. The number of hydrogen-bond acceptors (Lipinski definition) is 4. The van der Waals surface area contributed by atoms with E-state index in [1.165, 1.54) is 19.3 Å². The Kier molecular flexibility index (Phi) is 10.3. The van der Waals surface area contributed by atoms with E-state index in [-0.39, 0.29) is 0 Å². The predicted molar refractivity (Wildman–Crippen MR) is 65.8 cm³/mol. The molecule has 0 saturated heterocycles. The van der Waals surface area contributed by atoms with Crippen LogP contribution in [0.4, 0.5) is 0 Å². The van der Waals surface area contributed by atoms with Crippen LogP contribution < -0.4 is 21.9 Å². The average Bonchev–Trinajstić information content (AvgIpc) is 2.16. The van der Waals surface area contributed by atoms with Gasteiger partial charge >= 0.3 is 0 Å². The number of hydrazine groups is 3. The predicted octanol–water partition coefficient (Wildman–Crippen LogP) is 1.57. The first-order valence-electron chi connectivity index (χ1n) is 6.12. The van der Waals surface area contributed by atoms with Crippen molar-refractivity contribution in [2.24, 2.45) is 11.8 Å². The summed E-state index contributed by atoms with van der Waals surface area (Å²) in [6.45, 7) is 10.8. The molecule has 0 fully saturated rings. The lowest BCUT2D eigenvalue weighted by Gasteiger charge is -2.13. The van der Waals surface area contributed by atoms with E-state index in [0.717, 1.165) is 19.0 Å². The molecule has 1 atom stereocenters. The Balaban J connectivity index is 3.04. The van der Waals surface area contributed by atoms with E-state index >= 15 is 0 Å². The largest absolute Gasteiger partial charge is 0.243 e. The molecule has 0 aliphatic carbocycles. The minimum Gasteiger partial charge on any atom is -0.243 e. The second-order valence-electron chi connectivity index (χ2n) is 4.63. The summed E-state index contributed by atoms with van der Waals surface area (Å²) in [6.07, 6.45) is 3.82. The van der Waals surface area contributed by atoms with E-state index in [9.17, 15) is 0 Å². The molecule has 0 saturated carbocycles. The average molecular weight is 216 g/mol. The Morgan fingerprint density at radius 1 is 0.933 bits per heavy atom. The van der Waals surface area contributed by atoms with Crippen LogP contribution in [0.5, 0.6) is 0 Å². The summed E-state index contributed by atoms with van der Waals surface area (Å²) in [4.78, 5) is 0. The van der Waals surface area contributed by atoms with Crippen LogP contribution in [0, 0.1) is 11.8 Å². The Morgan fingerprint density at radius 3 is 2.20 bits per heavy atom. The molecule has 0 heterocycles. The first-order valence-corrected chi connectivity index (χ1v) is 6.12. The summed E-state index contributed by atoms with van der Waals surface area (Å²) in [7, 11) is 0. The summed E-state index contributed by atoms with van der Waals surface area (Å²) < 4.78 is 0. The van der Waals surface area contributed by atoms with Crippen LogP contribution in [0.3, 0.4) is 0 Å². The van der Waals surface area contributed by atoms with Crippen molar-refractivity contribution in [1.29, 1.82) is 0 Å². The Hall–Kier alpha value is -0.160. The molecule has 0 aliphatic heterocycles.